The molecule has 11 rings (SSSR count). The van der Waals surface area contributed by atoms with Crippen molar-refractivity contribution in [1.29, 1.82) is 0 Å². The molecular weight excluding hydrogens is 609 g/mol. The van der Waals surface area contributed by atoms with Gasteiger partial charge in [0.05, 0.1) is 11.6 Å². The van der Waals surface area contributed by atoms with Crippen LogP contribution < -0.4 is 0 Å². The molecule has 0 aliphatic rings. The SMILES string of the molecule is c1ccc(-c2coc3ccc4c5cc(-c6c7ccccc7c(-c7cc8ccccc8c8ccccc78)c7ccccc67)ccc5oc4c23)cc1. The van der Waals surface area contributed by atoms with Crippen molar-refractivity contribution in [3.8, 4) is 33.4 Å². The van der Waals surface area contributed by atoms with E-state index in [1.807, 2.05) is 12.3 Å². The Morgan fingerprint density at radius 3 is 1.68 bits per heavy atom. The summed E-state index contributed by atoms with van der Waals surface area (Å²) in [5, 5.41) is 13.2. The van der Waals surface area contributed by atoms with Gasteiger partial charge in [0.15, 0.2) is 0 Å². The minimum atomic E-state index is 0.824. The van der Waals surface area contributed by atoms with Crippen molar-refractivity contribution in [2.75, 3.05) is 0 Å². The number of hydrogen-bond donors (Lipinski definition) is 0. The van der Waals surface area contributed by atoms with E-state index in [-0.39, 0.29) is 0 Å². The summed E-state index contributed by atoms with van der Waals surface area (Å²) < 4.78 is 12.7. The molecule has 11 aromatic rings. The third-order valence-corrected chi connectivity index (χ3v) is 10.5. The molecule has 0 aliphatic heterocycles. The molecule has 2 nitrogen and oxygen atoms in total. The van der Waals surface area contributed by atoms with Crippen LogP contribution in [0.4, 0.5) is 0 Å². The topological polar surface area (TPSA) is 26.3 Å². The predicted octanol–water partition coefficient (Wildman–Crippen LogP) is 13.9. The molecule has 0 radical (unpaired) electrons. The minimum absolute atomic E-state index is 0.824. The molecular formula is C48H28O2. The first-order chi connectivity index (χ1) is 24.8. The highest BCUT2D eigenvalue weighted by Crippen LogP contribution is 2.48. The fraction of sp³-hybridized carbons (Fsp3) is 0. The second kappa shape index (κ2) is 10.4. The molecule has 2 heterocycles. The van der Waals surface area contributed by atoms with Gasteiger partial charge in [-0.1, -0.05) is 133 Å². The van der Waals surface area contributed by atoms with E-state index >= 15 is 0 Å². The lowest BCUT2D eigenvalue weighted by molar-refractivity contribution is 0.616. The molecule has 0 saturated heterocycles. The van der Waals surface area contributed by atoms with E-state index in [1.54, 1.807) is 0 Å². The van der Waals surface area contributed by atoms with E-state index in [0.29, 0.717) is 0 Å². The van der Waals surface area contributed by atoms with E-state index in [0.717, 1.165) is 49.6 Å². The normalized spacial score (nSPS) is 12.0. The molecule has 9 aromatic carbocycles. The number of benzene rings is 9. The van der Waals surface area contributed by atoms with Crippen LogP contribution in [-0.4, -0.2) is 0 Å². The molecule has 232 valence electrons. The standard InChI is InChI=1S/C48H28O2/c1-2-12-29(13-3-1)42-28-49-44-25-23-39-40-27-31(22-24-43(40)50-48(39)47(42)44)45-35-18-8-10-20-37(35)46(38-21-11-9-19-36(38)45)41-26-30-14-4-5-15-32(30)33-16-6-7-17-34(33)41/h1-28H. The van der Waals surface area contributed by atoms with Gasteiger partial charge in [-0.3, -0.25) is 0 Å². The van der Waals surface area contributed by atoms with Gasteiger partial charge in [0.1, 0.15) is 16.7 Å². The highest BCUT2D eigenvalue weighted by molar-refractivity contribution is 6.26. The predicted molar refractivity (Wildman–Crippen MR) is 210 cm³/mol. The molecule has 0 fully saturated rings. The molecule has 2 heteroatoms. The molecule has 0 aliphatic carbocycles. The van der Waals surface area contributed by atoms with Crippen LogP contribution in [0, 0.1) is 0 Å². The zero-order valence-corrected chi connectivity index (χ0v) is 27.0. The smallest absolute Gasteiger partial charge is 0.147 e. The first-order valence-corrected chi connectivity index (χ1v) is 17.1. The summed E-state index contributed by atoms with van der Waals surface area (Å²) in [7, 11) is 0. The summed E-state index contributed by atoms with van der Waals surface area (Å²) in [6, 6.07) is 59.0. The van der Waals surface area contributed by atoms with Crippen molar-refractivity contribution >= 4 is 76.0 Å². The molecule has 0 atom stereocenters. The molecule has 0 amide bonds. The summed E-state index contributed by atoms with van der Waals surface area (Å²) >= 11 is 0. The van der Waals surface area contributed by atoms with Gasteiger partial charge in [-0.05, 0) is 101 Å². The second-order valence-corrected chi connectivity index (χ2v) is 13.2. The van der Waals surface area contributed by atoms with Crippen LogP contribution in [0.25, 0.3) is 109 Å². The van der Waals surface area contributed by atoms with Crippen LogP contribution in [0.5, 0.6) is 0 Å². The molecule has 0 saturated carbocycles. The van der Waals surface area contributed by atoms with Gasteiger partial charge in [-0.25, -0.2) is 0 Å². The van der Waals surface area contributed by atoms with E-state index in [2.05, 4.69) is 158 Å². The molecule has 2 aromatic heterocycles. The Hall–Kier alpha value is -6.64. The molecule has 0 N–H and O–H groups in total. The average molecular weight is 637 g/mol. The van der Waals surface area contributed by atoms with Gasteiger partial charge in [0, 0.05) is 16.3 Å². The van der Waals surface area contributed by atoms with Crippen molar-refractivity contribution in [1.82, 2.24) is 0 Å². The maximum atomic E-state index is 6.65. The maximum absolute atomic E-state index is 6.65. The Balaban J connectivity index is 1.21. The molecule has 50 heavy (non-hydrogen) atoms. The van der Waals surface area contributed by atoms with Gasteiger partial charge in [0.2, 0.25) is 0 Å². The van der Waals surface area contributed by atoms with Gasteiger partial charge in [-0.15, -0.1) is 0 Å². The summed E-state index contributed by atoms with van der Waals surface area (Å²) in [5.74, 6) is 0. The zero-order valence-electron chi connectivity index (χ0n) is 27.0. The Morgan fingerprint density at radius 2 is 0.940 bits per heavy atom. The lowest BCUT2D eigenvalue weighted by Gasteiger charge is -2.19. The largest absolute Gasteiger partial charge is 0.464 e. The summed E-state index contributed by atoms with van der Waals surface area (Å²) in [5.41, 5.74) is 9.62. The summed E-state index contributed by atoms with van der Waals surface area (Å²) in [6.45, 7) is 0. The van der Waals surface area contributed by atoms with Crippen molar-refractivity contribution < 1.29 is 8.83 Å². The molecule has 0 bridgehead atoms. The highest BCUT2D eigenvalue weighted by atomic mass is 16.3. The number of fused-ring (bicyclic) bond motifs is 10. The van der Waals surface area contributed by atoms with Crippen LogP contribution >= 0.6 is 0 Å². The van der Waals surface area contributed by atoms with Crippen LogP contribution in [0.1, 0.15) is 0 Å². The number of rotatable bonds is 3. The summed E-state index contributed by atoms with van der Waals surface area (Å²) in [4.78, 5) is 0. The molecule has 0 unspecified atom stereocenters. The van der Waals surface area contributed by atoms with E-state index < -0.39 is 0 Å². The third-order valence-electron chi connectivity index (χ3n) is 10.5. The van der Waals surface area contributed by atoms with Crippen molar-refractivity contribution in [2.45, 2.75) is 0 Å². The highest BCUT2D eigenvalue weighted by Gasteiger charge is 2.21. The van der Waals surface area contributed by atoms with E-state index in [4.69, 9.17) is 8.83 Å². The Kier molecular flexibility index (Phi) is 5.70. The van der Waals surface area contributed by atoms with Gasteiger partial charge >= 0.3 is 0 Å². The van der Waals surface area contributed by atoms with E-state index in [9.17, 15) is 0 Å². The lowest BCUT2D eigenvalue weighted by atomic mass is 9.83. The first-order valence-electron chi connectivity index (χ1n) is 17.1. The number of hydrogen-bond acceptors (Lipinski definition) is 2. The monoisotopic (exact) mass is 636 g/mol. The van der Waals surface area contributed by atoms with Crippen LogP contribution in [-0.2, 0) is 0 Å². The Labute approximate surface area is 287 Å². The zero-order chi connectivity index (χ0) is 32.8. The van der Waals surface area contributed by atoms with Gasteiger partial charge in [0.25, 0.3) is 0 Å². The van der Waals surface area contributed by atoms with Crippen LogP contribution in [0.3, 0.4) is 0 Å². The quantitative estimate of drug-likeness (QED) is 0.142. The lowest BCUT2D eigenvalue weighted by Crippen LogP contribution is -1.92. The number of furan rings is 2. The maximum Gasteiger partial charge on any atom is 0.147 e. The van der Waals surface area contributed by atoms with E-state index in [1.165, 1.54) is 59.8 Å². The fourth-order valence-electron chi connectivity index (χ4n) is 8.33. The minimum Gasteiger partial charge on any atom is -0.464 e. The van der Waals surface area contributed by atoms with Crippen LogP contribution in [0.2, 0.25) is 0 Å². The van der Waals surface area contributed by atoms with Crippen molar-refractivity contribution in [3.05, 3.63) is 170 Å². The second-order valence-electron chi connectivity index (χ2n) is 13.2. The van der Waals surface area contributed by atoms with Gasteiger partial charge in [-0.2, -0.15) is 0 Å². The Bertz CT molecular complexity index is 3080. The van der Waals surface area contributed by atoms with Gasteiger partial charge < -0.3 is 8.83 Å². The van der Waals surface area contributed by atoms with Crippen molar-refractivity contribution in [3.63, 3.8) is 0 Å². The summed E-state index contributed by atoms with van der Waals surface area (Å²) in [6.07, 6.45) is 1.84. The average Bonchev–Trinajstić information content (AvgIpc) is 3.79. The Morgan fingerprint density at radius 1 is 0.340 bits per heavy atom. The first kappa shape index (κ1) is 27.3. The van der Waals surface area contributed by atoms with Crippen molar-refractivity contribution in [2.24, 2.45) is 0 Å². The fourth-order valence-corrected chi connectivity index (χ4v) is 8.33. The van der Waals surface area contributed by atoms with Crippen LogP contribution in [0.15, 0.2) is 179 Å². The molecule has 0 spiro atoms. The third kappa shape index (κ3) is 3.85.